The second-order valence-corrected chi connectivity index (χ2v) is 2.17. The van der Waals surface area contributed by atoms with Crippen molar-refractivity contribution in [3.8, 4) is 0 Å². The van der Waals surface area contributed by atoms with Crippen LogP contribution in [0.2, 0.25) is 0 Å². The molecule has 3 nitrogen and oxygen atoms in total. The number of carboxylic acid groups (broad SMARTS) is 1. The van der Waals surface area contributed by atoms with Gasteiger partial charge in [0.05, 0.1) is 0 Å². The first-order chi connectivity index (χ1) is 4.59. The lowest BCUT2D eigenvalue weighted by Gasteiger charge is -2.08. The Hall–Kier alpha value is -0.830. The predicted octanol–water partition coefficient (Wildman–Crippen LogP) is 0.644. The zero-order valence-electron chi connectivity index (χ0n) is 6.11. The zero-order valence-corrected chi connectivity index (χ0v) is 6.11. The molecule has 2 N–H and O–H groups in total. The van der Waals surface area contributed by atoms with Gasteiger partial charge in [-0.3, -0.25) is 0 Å². The van der Waals surface area contributed by atoms with E-state index in [2.05, 4.69) is 0 Å². The van der Waals surface area contributed by atoms with Crippen molar-refractivity contribution in [2.45, 2.75) is 20.0 Å². The molecular formula is C7H12O3. The molecule has 0 aromatic rings. The lowest BCUT2D eigenvalue weighted by Crippen LogP contribution is -2.25. The van der Waals surface area contributed by atoms with Crippen LogP contribution in [-0.4, -0.2) is 22.3 Å². The van der Waals surface area contributed by atoms with E-state index >= 15 is 0 Å². The highest BCUT2D eigenvalue weighted by Gasteiger charge is 2.18. The maximum atomic E-state index is 10.1. The summed E-state index contributed by atoms with van der Waals surface area (Å²) < 4.78 is 0. The molecule has 3 heteroatoms. The Morgan fingerprint density at radius 1 is 1.60 bits per heavy atom. The Balaban J connectivity index is 3.93. The van der Waals surface area contributed by atoms with Crippen molar-refractivity contribution in [3.63, 3.8) is 0 Å². The van der Waals surface area contributed by atoms with Gasteiger partial charge in [0.15, 0.2) is 6.10 Å². The lowest BCUT2D eigenvalue weighted by atomic mass is 10.1. The first-order valence-corrected chi connectivity index (χ1v) is 3.13. The molecule has 0 heterocycles. The normalized spacial score (nSPS) is 17.1. The van der Waals surface area contributed by atoms with Crippen LogP contribution in [0, 0.1) is 5.92 Å². The fraction of sp³-hybridized carbons (Fsp3) is 0.571. The molecule has 0 spiro atoms. The van der Waals surface area contributed by atoms with Crippen molar-refractivity contribution in [2.75, 3.05) is 0 Å². The number of hydrogen-bond donors (Lipinski definition) is 2. The topological polar surface area (TPSA) is 57.5 Å². The second-order valence-electron chi connectivity index (χ2n) is 2.17. The molecule has 0 aromatic heterocycles. The molecule has 0 radical (unpaired) electrons. The van der Waals surface area contributed by atoms with Crippen molar-refractivity contribution in [3.05, 3.63) is 12.2 Å². The van der Waals surface area contributed by atoms with Gasteiger partial charge in [0.1, 0.15) is 0 Å². The van der Waals surface area contributed by atoms with Gasteiger partial charge in [-0.2, -0.15) is 0 Å². The largest absolute Gasteiger partial charge is 0.479 e. The molecule has 0 bridgehead atoms. The maximum absolute atomic E-state index is 10.1. The van der Waals surface area contributed by atoms with E-state index < -0.39 is 12.1 Å². The van der Waals surface area contributed by atoms with E-state index in [1.807, 2.05) is 0 Å². The van der Waals surface area contributed by atoms with Crippen molar-refractivity contribution in [1.82, 2.24) is 0 Å². The number of aliphatic hydroxyl groups is 1. The average molecular weight is 144 g/mol. The molecule has 2 unspecified atom stereocenters. The van der Waals surface area contributed by atoms with Gasteiger partial charge in [-0.05, 0) is 6.92 Å². The summed E-state index contributed by atoms with van der Waals surface area (Å²) in [6.07, 6.45) is 2.09. The predicted molar refractivity (Wildman–Crippen MR) is 37.6 cm³/mol. The third-order valence-corrected chi connectivity index (χ3v) is 1.25. The van der Waals surface area contributed by atoms with Crippen LogP contribution in [-0.2, 0) is 4.79 Å². The molecule has 2 atom stereocenters. The Kier molecular flexibility index (Phi) is 3.72. The molecule has 0 aromatic carbocycles. The number of allylic oxidation sites excluding steroid dienone is 1. The Bertz CT molecular complexity index is 140. The minimum absolute atomic E-state index is 0.317. The second kappa shape index (κ2) is 4.06. The summed E-state index contributed by atoms with van der Waals surface area (Å²) in [5, 5.41) is 17.2. The van der Waals surface area contributed by atoms with Gasteiger partial charge in [-0.25, -0.2) is 4.79 Å². The third-order valence-electron chi connectivity index (χ3n) is 1.25. The van der Waals surface area contributed by atoms with Crippen LogP contribution in [0.4, 0.5) is 0 Å². The number of hydrogen-bond acceptors (Lipinski definition) is 2. The fourth-order valence-corrected chi connectivity index (χ4v) is 0.634. The van der Waals surface area contributed by atoms with Gasteiger partial charge < -0.3 is 10.2 Å². The highest BCUT2D eigenvalue weighted by Crippen LogP contribution is 2.03. The van der Waals surface area contributed by atoms with Crippen LogP contribution in [0.25, 0.3) is 0 Å². The smallest absolute Gasteiger partial charge is 0.333 e. The number of rotatable bonds is 3. The summed E-state index contributed by atoms with van der Waals surface area (Å²) in [5.74, 6) is -1.49. The first kappa shape index (κ1) is 9.17. The van der Waals surface area contributed by atoms with Crippen molar-refractivity contribution >= 4 is 5.97 Å². The summed E-state index contributed by atoms with van der Waals surface area (Å²) in [6, 6.07) is 0. The van der Waals surface area contributed by atoms with Gasteiger partial charge in [0.25, 0.3) is 0 Å². The van der Waals surface area contributed by atoms with Gasteiger partial charge >= 0.3 is 5.97 Å². The Morgan fingerprint density at radius 3 is 2.40 bits per heavy atom. The van der Waals surface area contributed by atoms with E-state index in [0.29, 0.717) is 0 Å². The Morgan fingerprint density at radius 2 is 2.10 bits per heavy atom. The highest BCUT2D eigenvalue weighted by atomic mass is 16.4. The minimum atomic E-state index is -1.28. The fourth-order valence-electron chi connectivity index (χ4n) is 0.634. The quantitative estimate of drug-likeness (QED) is 0.571. The van der Waals surface area contributed by atoms with Crippen molar-refractivity contribution < 1.29 is 15.0 Å². The van der Waals surface area contributed by atoms with Crippen LogP contribution in [0.1, 0.15) is 13.8 Å². The number of aliphatic carboxylic acids is 1. The molecule has 0 rings (SSSR count). The first-order valence-electron chi connectivity index (χ1n) is 3.13. The molecule has 0 saturated heterocycles. The number of carbonyl (C=O) groups is 1. The van der Waals surface area contributed by atoms with E-state index in [1.54, 1.807) is 26.0 Å². The van der Waals surface area contributed by atoms with E-state index in [9.17, 15) is 4.79 Å². The molecular weight excluding hydrogens is 132 g/mol. The van der Waals surface area contributed by atoms with Crippen molar-refractivity contribution in [2.24, 2.45) is 5.92 Å². The van der Waals surface area contributed by atoms with Gasteiger partial charge in [0.2, 0.25) is 0 Å². The van der Waals surface area contributed by atoms with Gasteiger partial charge in [0, 0.05) is 5.92 Å². The molecule has 0 saturated carbocycles. The highest BCUT2D eigenvalue weighted by molar-refractivity contribution is 5.72. The van der Waals surface area contributed by atoms with Gasteiger partial charge in [-0.15, -0.1) is 0 Å². The van der Waals surface area contributed by atoms with E-state index in [4.69, 9.17) is 10.2 Å². The van der Waals surface area contributed by atoms with Crippen LogP contribution < -0.4 is 0 Å². The van der Waals surface area contributed by atoms with Crippen molar-refractivity contribution in [1.29, 1.82) is 0 Å². The Labute approximate surface area is 60.0 Å². The monoisotopic (exact) mass is 144 g/mol. The summed E-state index contributed by atoms with van der Waals surface area (Å²) >= 11 is 0. The molecule has 0 aliphatic carbocycles. The number of aliphatic hydroxyl groups excluding tert-OH is 1. The third kappa shape index (κ3) is 2.64. The summed E-state index contributed by atoms with van der Waals surface area (Å²) in [4.78, 5) is 10.1. The molecule has 0 fully saturated rings. The minimum Gasteiger partial charge on any atom is -0.479 e. The van der Waals surface area contributed by atoms with E-state index in [1.165, 1.54) is 0 Å². The molecule has 0 amide bonds. The van der Waals surface area contributed by atoms with Crippen LogP contribution in [0.5, 0.6) is 0 Å². The SMILES string of the molecule is C/C=C/C(C)C(O)C(=O)O. The van der Waals surface area contributed by atoms with Crippen LogP contribution in [0.3, 0.4) is 0 Å². The molecule has 10 heavy (non-hydrogen) atoms. The number of carboxylic acids is 1. The lowest BCUT2D eigenvalue weighted by molar-refractivity contribution is -0.148. The molecule has 58 valence electrons. The van der Waals surface area contributed by atoms with E-state index in [-0.39, 0.29) is 5.92 Å². The zero-order chi connectivity index (χ0) is 8.15. The molecule has 0 aliphatic heterocycles. The summed E-state index contributed by atoms with van der Waals surface area (Å²) in [5.41, 5.74) is 0. The molecule has 0 aliphatic rings. The average Bonchev–Trinajstić information content (AvgIpc) is 1.87. The van der Waals surface area contributed by atoms with Crippen LogP contribution >= 0.6 is 0 Å². The van der Waals surface area contributed by atoms with Crippen LogP contribution in [0.15, 0.2) is 12.2 Å². The van der Waals surface area contributed by atoms with Gasteiger partial charge in [-0.1, -0.05) is 19.1 Å². The van der Waals surface area contributed by atoms with E-state index in [0.717, 1.165) is 0 Å². The maximum Gasteiger partial charge on any atom is 0.333 e. The standard InChI is InChI=1S/C7H12O3/c1-3-4-5(2)6(8)7(9)10/h3-6,8H,1-2H3,(H,9,10)/b4-3+. The summed E-state index contributed by atoms with van der Waals surface area (Å²) in [6.45, 7) is 3.43. The summed E-state index contributed by atoms with van der Waals surface area (Å²) in [7, 11) is 0.